The van der Waals surface area contributed by atoms with E-state index in [1.807, 2.05) is 13.1 Å². The van der Waals surface area contributed by atoms with E-state index in [0.29, 0.717) is 12.0 Å². The Morgan fingerprint density at radius 1 is 1.47 bits per heavy atom. The molecule has 2 atom stereocenters. The summed E-state index contributed by atoms with van der Waals surface area (Å²) in [4.78, 5) is 2.56. The molecule has 0 spiro atoms. The third-order valence-corrected chi connectivity index (χ3v) is 3.82. The highest BCUT2D eigenvalue weighted by atomic mass is 16.3. The van der Waals surface area contributed by atoms with Gasteiger partial charge in [0.2, 0.25) is 0 Å². The van der Waals surface area contributed by atoms with Gasteiger partial charge >= 0.3 is 0 Å². The minimum atomic E-state index is 0.449. The van der Waals surface area contributed by atoms with E-state index in [1.54, 1.807) is 6.26 Å². The van der Waals surface area contributed by atoms with Crippen LogP contribution in [0.5, 0.6) is 0 Å². The van der Waals surface area contributed by atoms with Crippen LogP contribution in [0, 0.1) is 5.92 Å². The van der Waals surface area contributed by atoms with Gasteiger partial charge in [0, 0.05) is 0 Å². The van der Waals surface area contributed by atoms with Crippen LogP contribution in [-0.4, -0.2) is 31.6 Å². The first-order valence-corrected chi connectivity index (χ1v) is 6.78. The van der Waals surface area contributed by atoms with Gasteiger partial charge in [-0.15, -0.1) is 0 Å². The van der Waals surface area contributed by atoms with E-state index in [2.05, 4.69) is 23.2 Å². The molecule has 3 heteroatoms. The van der Waals surface area contributed by atoms with Gasteiger partial charge in [-0.3, -0.25) is 4.90 Å². The van der Waals surface area contributed by atoms with Crippen molar-refractivity contribution in [3.05, 3.63) is 24.2 Å². The molecule has 0 amide bonds. The maximum atomic E-state index is 5.67. The molecule has 3 nitrogen and oxygen atoms in total. The van der Waals surface area contributed by atoms with Crippen molar-refractivity contribution >= 4 is 0 Å². The molecule has 1 N–H and O–H groups in total. The van der Waals surface area contributed by atoms with Crippen LogP contribution >= 0.6 is 0 Å². The zero-order valence-corrected chi connectivity index (χ0v) is 11.0. The summed E-state index contributed by atoms with van der Waals surface area (Å²) >= 11 is 0. The van der Waals surface area contributed by atoms with Crippen LogP contribution in [0.3, 0.4) is 0 Å². The first kappa shape index (κ1) is 12.7. The van der Waals surface area contributed by atoms with Gasteiger partial charge in [-0.2, -0.15) is 0 Å². The molecule has 2 heterocycles. The second-order valence-corrected chi connectivity index (χ2v) is 4.90. The van der Waals surface area contributed by atoms with Crippen LogP contribution in [0.15, 0.2) is 22.8 Å². The van der Waals surface area contributed by atoms with Crippen molar-refractivity contribution in [2.75, 3.05) is 26.7 Å². The summed E-state index contributed by atoms with van der Waals surface area (Å²) in [5, 5.41) is 3.33. The number of nitrogens with zero attached hydrogens (tertiary/aromatic N) is 1. The monoisotopic (exact) mass is 236 g/mol. The van der Waals surface area contributed by atoms with Gasteiger partial charge in [0.1, 0.15) is 5.76 Å². The molecule has 0 radical (unpaired) electrons. The summed E-state index contributed by atoms with van der Waals surface area (Å²) in [6.07, 6.45) is 5.73. The summed E-state index contributed by atoms with van der Waals surface area (Å²) in [6, 6.07) is 4.58. The predicted octanol–water partition coefficient (Wildman–Crippen LogP) is 2.66. The molecule has 1 aromatic rings. The molecule has 1 fully saturated rings. The molecule has 0 bridgehead atoms. The highest BCUT2D eigenvalue weighted by Crippen LogP contribution is 2.34. The lowest BCUT2D eigenvalue weighted by molar-refractivity contribution is 0.140. The first-order valence-electron chi connectivity index (χ1n) is 6.78. The highest BCUT2D eigenvalue weighted by molar-refractivity contribution is 5.07. The smallest absolute Gasteiger partial charge is 0.121 e. The summed E-state index contributed by atoms with van der Waals surface area (Å²) in [5.41, 5.74) is 0. The molecule has 96 valence electrons. The summed E-state index contributed by atoms with van der Waals surface area (Å²) < 4.78 is 5.67. The van der Waals surface area contributed by atoms with E-state index in [-0.39, 0.29) is 0 Å². The molecular weight excluding hydrogens is 212 g/mol. The number of hydrogen-bond donors (Lipinski definition) is 1. The van der Waals surface area contributed by atoms with Gasteiger partial charge in [0.05, 0.1) is 12.3 Å². The quantitative estimate of drug-likeness (QED) is 0.871. The van der Waals surface area contributed by atoms with Gasteiger partial charge in [-0.05, 0) is 57.6 Å². The van der Waals surface area contributed by atoms with Crippen molar-refractivity contribution in [3.8, 4) is 0 Å². The molecule has 1 aromatic heterocycles. The minimum absolute atomic E-state index is 0.449. The van der Waals surface area contributed by atoms with E-state index >= 15 is 0 Å². The zero-order valence-electron chi connectivity index (χ0n) is 11.0. The maximum absolute atomic E-state index is 5.67. The second kappa shape index (κ2) is 6.22. The zero-order chi connectivity index (χ0) is 12.1. The van der Waals surface area contributed by atoms with E-state index in [1.165, 1.54) is 25.8 Å². The Bertz CT molecular complexity index is 310. The number of nitrogens with one attached hydrogen (secondary N) is 1. The Hall–Kier alpha value is -0.800. The topological polar surface area (TPSA) is 28.4 Å². The number of hydrogen-bond acceptors (Lipinski definition) is 3. The third kappa shape index (κ3) is 2.90. The fourth-order valence-corrected chi connectivity index (χ4v) is 3.02. The van der Waals surface area contributed by atoms with Crippen molar-refractivity contribution in [2.24, 2.45) is 5.92 Å². The summed E-state index contributed by atoms with van der Waals surface area (Å²) in [6.45, 7) is 5.62. The average molecular weight is 236 g/mol. The largest absolute Gasteiger partial charge is 0.468 e. The molecular formula is C14H24N2O. The molecule has 0 aliphatic carbocycles. The van der Waals surface area contributed by atoms with Crippen LogP contribution < -0.4 is 5.32 Å². The first-order chi connectivity index (χ1) is 8.36. The predicted molar refractivity (Wildman–Crippen MR) is 70.0 cm³/mol. The van der Waals surface area contributed by atoms with Gasteiger partial charge < -0.3 is 9.73 Å². The number of rotatable bonds is 4. The highest BCUT2D eigenvalue weighted by Gasteiger charge is 2.31. The molecule has 17 heavy (non-hydrogen) atoms. The average Bonchev–Trinajstić information content (AvgIpc) is 2.78. The summed E-state index contributed by atoms with van der Waals surface area (Å²) in [7, 11) is 2.04. The lowest BCUT2D eigenvalue weighted by Crippen LogP contribution is -2.36. The normalized spacial score (nSPS) is 26.9. The van der Waals surface area contributed by atoms with Gasteiger partial charge in [0.25, 0.3) is 0 Å². The maximum Gasteiger partial charge on any atom is 0.121 e. The van der Waals surface area contributed by atoms with E-state index in [9.17, 15) is 0 Å². The Morgan fingerprint density at radius 3 is 3.00 bits per heavy atom. The van der Waals surface area contributed by atoms with Crippen molar-refractivity contribution in [1.29, 1.82) is 0 Å². The van der Waals surface area contributed by atoms with Crippen molar-refractivity contribution < 1.29 is 4.42 Å². The lowest BCUT2D eigenvalue weighted by atomic mass is 9.92. The molecule has 0 saturated carbocycles. The van der Waals surface area contributed by atoms with Crippen molar-refractivity contribution in [2.45, 2.75) is 32.2 Å². The molecule has 0 aromatic carbocycles. The Labute approximate surface area is 104 Å². The Balaban J connectivity index is 2.22. The lowest BCUT2D eigenvalue weighted by Gasteiger charge is -2.32. The van der Waals surface area contributed by atoms with Gasteiger partial charge in [-0.25, -0.2) is 0 Å². The van der Waals surface area contributed by atoms with Gasteiger partial charge in [0.15, 0.2) is 0 Å². The van der Waals surface area contributed by atoms with Crippen molar-refractivity contribution in [1.82, 2.24) is 10.2 Å². The van der Waals surface area contributed by atoms with E-state index in [4.69, 9.17) is 4.42 Å². The number of furan rings is 1. The molecule has 1 aliphatic heterocycles. The minimum Gasteiger partial charge on any atom is -0.468 e. The number of likely N-dealkylation sites (tertiary alicyclic amines) is 1. The van der Waals surface area contributed by atoms with Gasteiger partial charge in [-0.1, -0.05) is 13.3 Å². The fourth-order valence-electron chi connectivity index (χ4n) is 3.02. The van der Waals surface area contributed by atoms with Crippen LogP contribution in [0.4, 0.5) is 0 Å². The third-order valence-electron chi connectivity index (χ3n) is 3.82. The molecule has 1 aliphatic rings. The van der Waals surface area contributed by atoms with Crippen LogP contribution in [0.2, 0.25) is 0 Å². The van der Waals surface area contributed by atoms with E-state index < -0.39 is 0 Å². The Kier molecular flexibility index (Phi) is 4.63. The second-order valence-electron chi connectivity index (χ2n) is 4.90. The summed E-state index contributed by atoms with van der Waals surface area (Å²) in [5.74, 6) is 1.79. The molecule has 1 saturated heterocycles. The Morgan fingerprint density at radius 2 is 2.35 bits per heavy atom. The van der Waals surface area contributed by atoms with Crippen LogP contribution in [0.25, 0.3) is 0 Å². The fraction of sp³-hybridized carbons (Fsp3) is 0.714. The van der Waals surface area contributed by atoms with Crippen LogP contribution in [0.1, 0.15) is 38.0 Å². The van der Waals surface area contributed by atoms with Crippen LogP contribution in [-0.2, 0) is 0 Å². The SMILES string of the molecule is CCN1CCCCC(CNC)C1c1ccco1. The molecule has 2 unspecified atom stereocenters. The van der Waals surface area contributed by atoms with Crippen molar-refractivity contribution in [3.63, 3.8) is 0 Å². The molecule has 2 rings (SSSR count). The standard InChI is InChI=1S/C14H24N2O/c1-3-16-9-5-4-7-12(11-15-2)14(16)13-8-6-10-17-13/h6,8,10,12,14-15H,3-5,7,9,11H2,1-2H3. The van der Waals surface area contributed by atoms with E-state index in [0.717, 1.165) is 18.8 Å².